The molecule has 10 rings (SSSR count). The lowest BCUT2D eigenvalue weighted by molar-refractivity contribution is -0.00140. The third kappa shape index (κ3) is 10.3. The summed E-state index contributed by atoms with van der Waals surface area (Å²) < 4.78 is 7.83. The van der Waals surface area contributed by atoms with Crippen LogP contribution in [0.4, 0.5) is 5.69 Å². The van der Waals surface area contributed by atoms with E-state index in [2.05, 4.69) is 41.3 Å². The van der Waals surface area contributed by atoms with Crippen molar-refractivity contribution in [3.05, 3.63) is 151 Å². The lowest BCUT2D eigenvalue weighted by atomic mass is 9.98. The van der Waals surface area contributed by atoms with Gasteiger partial charge in [-0.3, -0.25) is 33.8 Å². The third-order valence-corrected chi connectivity index (χ3v) is 16.3. The standard InChI is InChI=1S/C51H46N10O5S4/c1-4-38(59-46(62)29-6-8-31-20-52-12-10-28(31)14-29)44-23-54-50(69-44)34-17-42(67-26-34)48(64)57-36-11-13-66-41(19-36)40-16-33-15-30(7-9-32(33)21-53-40)47(63)60-39(5-2)45-24-55-51(70-45)35-18-43(68-27-35)49(65)58-37-22-56-61(3)25-37/h6-10,12,14-18,20-27,36,38-39,41H,4-5,11,13,19H2,1-3H3,(H,57,64)(H,58,65)(H,59,62)(H,60,63)/t36?,38?,39-,41?/m1/s1. The molecule has 8 heterocycles. The number of carbonyl (C=O) groups excluding carboxylic acids is 4. The molecule has 0 spiro atoms. The van der Waals surface area contributed by atoms with Crippen LogP contribution in [0.1, 0.15) is 113 Å². The molecule has 0 bridgehead atoms. The minimum Gasteiger partial charge on any atom is -0.372 e. The minimum absolute atomic E-state index is 0.136. The van der Waals surface area contributed by atoms with Gasteiger partial charge in [-0.1, -0.05) is 26.0 Å². The number of aromatic nitrogens is 6. The molecule has 4 amide bonds. The van der Waals surface area contributed by atoms with Crippen LogP contribution in [0.5, 0.6) is 0 Å². The molecule has 1 saturated heterocycles. The molecule has 1 aliphatic rings. The van der Waals surface area contributed by atoms with E-state index in [9.17, 15) is 19.2 Å². The fourth-order valence-electron chi connectivity index (χ4n) is 8.30. The van der Waals surface area contributed by atoms with E-state index in [1.54, 1.807) is 61.2 Å². The number of thiazole rings is 2. The maximum atomic E-state index is 13.7. The summed E-state index contributed by atoms with van der Waals surface area (Å²) in [5.41, 5.74) is 4.14. The molecular weight excluding hydrogens is 961 g/mol. The van der Waals surface area contributed by atoms with Gasteiger partial charge in [-0.2, -0.15) is 5.10 Å². The zero-order valence-corrected chi connectivity index (χ0v) is 41.4. The van der Waals surface area contributed by atoms with Crippen molar-refractivity contribution in [2.45, 2.75) is 63.8 Å². The molecule has 3 unspecified atom stereocenters. The van der Waals surface area contributed by atoms with Crippen molar-refractivity contribution in [1.29, 1.82) is 0 Å². The number of nitrogens with one attached hydrogen (secondary N) is 4. The second-order valence-corrected chi connectivity index (χ2v) is 20.9. The molecule has 0 saturated carbocycles. The van der Waals surface area contributed by atoms with E-state index in [0.717, 1.165) is 58.1 Å². The van der Waals surface area contributed by atoms with Crippen LogP contribution in [0, 0.1) is 0 Å². The Balaban J connectivity index is 0.744. The van der Waals surface area contributed by atoms with Crippen LogP contribution >= 0.6 is 45.3 Å². The van der Waals surface area contributed by atoms with Gasteiger partial charge in [-0.25, -0.2) is 9.97 Å². The Hall–Kier alpha value is -7.03. The predicted octanol–water partition coefficient (Wildman–Crippen LogP) is 10.6. The van der Waals surface area contributed by atoms with E-state index in [1.807, 2.05) is 79.2 Å². The van der Waals surface area contributed by atoms with Gasteiger partial charge in [0.25, 0.3) is 23.6 Å². The monoisotopic (exact) mass is 1010 g/mol. The van der Waals surface area contributed by atoms with E-state index in [1.165, 1.54) is 45.3 Å². The van der Waals surface area contributed by atoms with E-state index in [-0.39, 0.29) is 47.9 Å². The van der Waals surface area contributed by atoms with Crippen LogP contribution in [-0.4, -0.2) is 66.0 Å². The molecule has 15 nitrogen and oxygen atoms in total. The number of fused-ring (bicyclic) bond motifs is 2. The number of aryl methyl sites for hydroxylation is 1. The molecule has 0 radical (unpaired) electrons. The molecule has 9 aromatic rings. The van der Waals surface area contributed by atoms with Crippen LogP contribution in [0.3, 0.4) is 0 Å². The number of anilines is 1. The van der Waals surface area contributed by atoms with Gasteiger partial charge in [0.1, 0.15) is 16.1 Å². The number of ether oxygens (including phenoxy) is 1. The Morgan fingerprint density at radius 3 is 1.96 bits per heavy atom. The quantitative estimate of drug-likeness (QED) is 0.0767. The third-order valence-electron chi connectivity index (χ3n) is 12.1. The highest BCUT2D eigenvalue weighted by atomic mass is 32.1. The van der Waals surface area contributed by atoms with Gasteiger partial charge >= 0.3 is 0 Å². The zero-order chi connectivity index (χ0) is 48.3. The first kappa shape index (κ1) is 46.7. The number of pyridine rings is 2. The van der Waals surface area contributed by atoms with E-state index < -0.39 is 0 Å². The predicted molar refractivity (Wildman–Crippen MR) is 276 cm³/mol. The summed E-state index contributed by atoms with van der Waals surface area (Å²) in [4.78, 5) is 74.7. The van der Waals surface area contributed by atoms with Crippen LogP contribution in [0.15, 0.2) is 115 Å². The van der Waals surface area contributed by atoms with E-state index >= 15 is 0 Å². The Bertz CT molecular complexity index is 3390. The van der Waals surface area contributed by atoms with Gasteiger partial charge < -0.3 is 26.0 Å². The van der Waals surface area contributed by atoms with Crippen LogP contribution < -0.4 is 21.3 Å². The zero-order valence-electron chi connectivity index (χ0n) is 38.2. The number of amides is 4. The highest BCUT2D eigenvalue weighted by Crippen LogP contribution is 2.36. The Kier molecular flexibility index (Phi) is 13.7. The van der Waals surface area contributed by atoms with Crippen LogP contribution in [0.25, 0.3) is 42.7 Å². The number of benzene rings is 2. The van der Waals surface area contributed by atoms with Gasteiger partial charge in [-0.15, -0.1) is 45.3 Å². The smallest absolute Gasteiger partial charge is 0.265 e. The van der Waals surface area contributed by atoms with Gasteiger partial charge in [0.2, 0.25) is 0 Å². The average Bonchev–Trinajstić information content (AvgIpc) is 4.25. The second kappa shape index (κ2) is 20.5. The maximum Gasteiger partial charge on any atom is 0.265 e. The fraction of sp³-hybridized carbons (Fsp3) is 0.235. The van der Waals surface area contributed by atoms with Crippen molar-refractivity contribution in [3.8, 4) is 21.1 Å². The van der Waals surface area contributed by atoms with Crippen molar-refractivity contribution in [2.75, 3.05) is 11.9 Å². The Labute approximate surface area is 418 Å². The van der Waals surface area contributed by atoms with Gasteiger partial charge in [0.15, 0.2) is 0 Å². The first-order valence-electron chi connectivity index (χ1n) is 22.7. The first-order valence-corrected chi connectivity index (χ1v) is 26.1. The molecule has 2 aromatic carbocycles. The minimum atomic E-state index is -0.348. The van der Waals surface area contributed by atoms with Crippen molar-refractivity contribution in [1.82, 2.24) is 45.7 Å². The summed E-state index contributed by atoms with van der Waals surface area (Å²) in [5, 5.41) is 25.6. The summed E-state index contributed by atoms with van der Waals surface area (Å²) in [6.07, 6.45) is 14.4. The molecular formula is C51H46N10O5S4. The average molecular weight is 1010 g/mol. The number of hydrogen-bond acceptors (Lipinski definition) is 14. The molecule has 70 heavy (non-hydrogen) atoms. The normalized spacial score (nSPS) is 15.6. The van der Waals surface area contributed by atoms with Crippen molar-refractivity contribution >= 4 is 96.2 Å². The Morgan fingerprint density at radius 1 is 0.700 bits per heavy atom. The van der Waals surface area contributed by atoms with Gasteiger partial charge in [-0.05, 0) is 85.0 Å². The summed E-state index contributed by atoms with van der Waals surface area (Å²) in [7, 11) is 1.79. The number of nitrogens with zero attached hydrogens (tertiary/aromatic N) is 6. The lowest BCUT2D eigenvalue weighted by Crippen LogP contribution is -2.39. The molecule has 0 aliphatic carbocycles. The molecule has 4 N–H and O–H groups in total. The highest BCUT2D eigenvalue weighted by Gasteiger charge is 2.28. The molecule has 19 heteroatoms. The largest absolute Gasteiger partial charge is 0.372 e. The summed E-state index contributed by atoms with van der Waals surface area (Å²) in [6, 6.07) is 18.1. The SMILES string of the molecule is CCC(NC(=O)c1ccc2cnccc2c1)c1cnc(-c2csc(C(=O)NC3CCOC(c4cc5cc(C(=O)N[C@H](CC)c6cnc(-c7csc(C(=O)Nc8cnn(C)c8)c7)s6)ccc5cn4)C3)c2)s1. The topological polar surface area (TPSA) is 195 Å². The van der Waals surface area contributed by atoms with Gasteiger partial charge in [0.05, 0.1) is 39.4 Å². The Morgan fingerprint density at radius 2 is 1.33 bits per heavy atom. The van der Waals surface area contributed by atoms with Crippen molar-refractivity contribution in [3.63, 3.8) is 0 Å². The van der Waals surface area contributed by atoms with Gasteiger partial charge in [0, 0.05) is 110 Å². The summed E-state index contributed by atoms with van der Waals surface area (Å²) in [6.45, 7) is 4.50. The molecule has 7 aromatic heterocycles. The highest BCUT2D eigenvalue weighted by molar-refractivity contribution is 7.17. The second-order valence-electron chi connectivity index (χ2n) is 16.9. The number of hydrogen-bond donors (Lipinski definition) is 4. The summed E-state index contributed by atoms with van der Waals surface area (Å²) in [5.74, 6) is -0.735. The van der Waals surface area contributed by atoms with Crippen LogP contribution in [0.2, 0.25) is 0 Å². The van der Waals surface area contributed by atoms with E-state index in [4.69, 9.17) is 9.72 Å². The van der Waals surface area contributed by atoms with E-state index in [0.29, 0.717) is 58.9 Å². The summed E-state index contributed by atoms with van der Waals surface area (Å²) >= 11 is 5.71. The van der Waals surface area contributed by atoms with Crippen molar-refractivity contribution in [2.24, 2.45) is 7.05 Å². The lowest BCUT2D eigenvalue weighted by Gasteiger charge is -2.29. The first-order chi connectivity index (χ1) is 34.1. The number of rotatable bonds is 15. The van der Waals surface area contributed by atoms with Crippen molar-refractivity contribution < 1.29 is 23.9 Å². The molecule has 354 valence electrons. The molecule has 4 atom stereocenters. The number of thiophene rings is 2. The molecule has 1 fully saturated rings. The maximum absolute atomic E-state index is 13.7. The van der Waals surface area contributed by atoms with Crippen LogP contribution in [-0.2, 0) is 11.8 Å². The molecule has 1 aliphatic heterocycles. The number of carbonyl (C=O) groups is 4. The fourth-order valence-corrected chi connectivity index (χ4v) is 12.1.